The van der Waals surface area contributed by atoms with Gasteiger partial charge in [0.1, 0.15) is 0 Å². The van der Waals surface area contributed by atoms with Gasteiger partial charge in [0, 0.05) is 18.5 Å². The van der Waals surface area contributed by atoms with Gasteiger partial charge in [-0.05, 0) is 74.4 Å². The highest BCUT2D eigenvalue weighted by Crippen LogP contribution is 2.34. The average molecular weight is 434 g/mol. The predicted octanol–water partition coefficient (Wildman–Crippen LogP) is 4.60. The second kappa shape index (κ2) is 8.47. The van der Waals surface area contributed by atoms with E-state index in [2.05, 4.69) is 15.4 Å². The van der Waals surface area contributed by atoms with Gasteiger partial charge in [0.05, 0.1) is 17.8 Å². The molecule has 4 rings (SSSR count). The van der Waals surface area contributed by atoms with Crippen LogP contribution in [0.4, 0.5) is 24.8 Å². The molecule has 0 saturated heterocycles. The molecule has 3 aromatic rings. The summed E-state index contributed by atoms with van der Waals surface area (Å²) in [5.41, 5.74) is 0.720. The first-order chi connectivity index (χ1) is 14.8. The Morgan fingerprint density at radius 3 is 2.52 bits per heavy atom. The van der Waals surface area contributed by atoms with Gasteiger partial charge in [0.15, 0.2) is 5.65 Å². The third-order valence-corrected chi connectivity index (χ3v) is 5.85. The smallest absolute Gasteiger partial charge is 0.387 e. The maximum atomic E-state index is 12.7. The van der Waals surface area contributed by atoms with Crippen LogP contribution in [0.2, 0.25) is 0 Å². The first-order valence-electron chi connectivity index (χ1n) is 10.3. The van der Waals surface area contributed by atoms with Crippen LogP contribution in [0.1, 0.15) is 36.9 Å². The highest BCUT2D eigenvalue weighted by Gasteiger charge is 2.33. The summed E-state index contributed by atoms with van der Waals surface area (Å²) in [6, 6.07) is 10.5. The molecule has 2 heterocycles. The Morgan fingerprint density at radius 1 is 1.16 bits per heavy atom. The van der Waals surface area contributed by atoms with Crippen LogP contribution in [0.5, 0.6) is 0 Å². The van der Waals surface area contributed by atoms with E-state index in [1.54, 1.807) is 11.6 Å². The number of fused-ring (bicyclic) bond motifs is 1. The summed E-state index contributed by atoms with van der Waals surface area (Å²) in [5.74, 6) is 0.753. The lowest BCUT2D eigenvalue weighted by molar-refractivity contribution is -0.137. The van der Waals surface area contributed by atoms with Gasteiger partial charge in [-0.15, -0.1) is 5.10 Å². The molecule has 0 radical (unpaired) electrons. The largest absolute Gasteiger partial charge is 0.416 e. The van der Waals surface area contributed by atoms with Crippen LogP contribution in [-0.2, 0) is 17.3 Å². The van der Waals surface area contributed by atoms with Crippen LogP contribution in [-0.4, -0.2) is 39.0 Å². The third-order valence-electron chi connectivity index (χ3n) is 5.85. The van der Waals surface area contributed by atoms with E-state index in [0.29, 0.717) is 42.6 Å². The number of methoxy groups -OCH3 is 1. The molecule has 31 heavy (non-hydrogen) atoms. The number of aliphatic hydroxyl groups is 1. The summed E-state index contributed by atoms with van der Waals surface area (Å²) in [4.78, 5) is 4.44. The molecule has 0 bridgehead atoms. The maximum Gasteiger partial charge on any atom is 0.416 e. The molecule has 1 aliphatic rings. The fourth-order valence-electron chi connectivity index (χ4n) is 4.17. The zero-order valence-corrected chi connectivity index (χ0v) is 17.2. The number of rotatable bonds is 6. The number of anilines is 2. The maximum absolute atomic E-state index is 12.7. The Morgan fingerprint density at radius 2 is 1.87 bits per heavy atom. The summed E-state index contributed by atoms with van der Waals surface area (Å²) in [5, 5.41) is 18.0. The molecule has 6 nitrogen and oxygen atoms in total. The van der Waals surface area contributed by atoms with E-state index in [1.807, 2.05) is 18.2 Å². The lowest BCUT2D eigenvalue weighted by Gasteiger charge is -2.35. The standard InChI is InChI=1S/C22H25F3N4O2/c1-31-14-21(30)11-9-15(10-12-21)13-18-3-2-4-19-27-20(28-29(18)19)26-17-7-5-16(6-8-17)22(23,24)25/h2-8,15,30H,9-14H2,1H3,(H,26,28). The topological polar surface area (TPSA) is 71.7 Å². The van der Waals surface area contributed by atoms with Crippen molar-refractivity contribution in [3.8, 4) is 0 Å². The van der Waals surface area contributed by atoms with Crippen LogP contribution in [0.15, 0.2) is 42.5 Å². The molecule has 1 aliphatic carbocycles. The molecule has 166 valence electrons. The Balaban J connectivity index is 1.46. The third kappa shape index (κ3) is 4.99. The molecule has 0 atom stereocenters. The second-order valence-electron chi connectivity index (χ2n) is 8.23. The van der Waals surface area contributed by atoms with Gasteiger partial charge in [0.2, 0.25) is 5.95 Å². The molecule has 0 amide bonds. The predicted molar refractivity (Wildman–Crippen MR) is 110 cm³/mol. The zero-order valence-electron chi connectivity index (χ0n) is 17.2. The SMILES string of the molecule is COCC1(O)CCC(Cc2cccc3nc(Nc4ccc(C(F)(F)F)cc4)nn23)CC1. The van der Waals surface area contributed by atoms with Gasteiger partial charge >= 0.3 is 6.18 Å². The van der Waals surface area contributed by atoms with E-state index in [1.165, 1.54) is 12.1 Å². The number of aromatic nitrogens is 3. The van der Waals surface area contributed by atoms with Crippen molar-refractivity contribution in [2.75, 3.05) is 19.0 Å². The summed E-state index contributed by atoms with van der Waals surface area (Å²) in [6.45, 7) is 0.358. The Hall–Kier alpha value is -2.65. The van der Waals surface area contributed by atoms with Crippen LogP contribution in [0.25, 0.3) is 5.65 Å². The lowest BCUT2D eigenvalue weighted by Crippen LogP contribution is -2.38. The highest BCUT2D eigenvalue weighted by atomic mass is 19.4. The van der Waals surface area contributed by atoms with Gasteiger partial charge in [-0.3, -0.25) is 0 Å². The van der Waals surface area contributed by atoms with Crippen molar-refractivity contribution in [3.63, 3.8) is 0 Å². The normalized spacial score (nSPS) is 22.0. The number of hydrogen-bond acceptors (Lipinski definition) is 5. The Kier molecular flexibility index (Phi) is 5.90. The van der Waals surface area contributed by atoms with Gasteiger partial charge in [-0.1, -0.05) is 6.07 Å². The van der Waals surface area contributed by atoms with Gasteiger partial charge in [-0.2, -0.15) is 18.2 Å². The minimum Gasteiger partial charge on any atom is -0.387 e. The first-order valence-corrected chi connectivity index (χ1v) is 10.3. The zero-order chi connectivity index (χ0) is 22.1. The van der Waals surface area contributed by atoms with E-state index >= 15 is 0 Å². The van der Waals surface area contributed by atoms with Crippen molar-refractivity contribution in [1.82, 2.24) is 14.6 Å². The minimum atomic E-state index is -4.37. The number of alkyl halides is 3. The molecule has 0 unspecified atom stereocenters. The van der Waals surface area contributed by atoms with Crippen LogP contribution >= 0.6 is 0 Å². The summed E-state index contributed by atoms with van der Waals surface area (Å²) >= 11 is 0. The van der Waals surface area contributed by atoms with Crippen molar-refractivity contribution < 1.29 is 23.0 Å². The van der Waals surface area contributed by atoms with Crippen molar-refractivity contribution in [3.05, 3.63) is 53.7 Å². The number of pyridine rings is 1. The van der Waals surface area contributed by atoms with Crippen LogP contribution < -0.4 is 5.32 Å². The number of benzene rings is 1. The number of nitrogens with one attached hydrogen (secondary N) is 1. The monoisotopic (exact) mass is 434 g/mol. The number of nitrogens with zero attached hydrogens (tertiary/aromatic N) is 3. The van der Waals surface area contributed by atoms with Gasteiger partial charge < -0.3 is 15.2 Å². The second-order valence-corrected chi connectivity index (χ2v) is 8.23. The number of ether oxygens (including phenoxy) is 1. The molecule has 1 saturated carbocycles. The molecular formula is C22H25F3N4O2. The average Bonchev–Trinajstić information content (AvgIpc) is 3.13. The van der Waals surface area contributed by atoms with Crippen molar-refractivity contribution in [2.24, 2.45) is 5.92 Å². The fraction of sp³-hybridized carbons (Fsp3) is 0.455. The highest BCUT2D eigenvalue weighted by molar-refractivity contribution is 5.56. The Labute approximate surface area is 178 Å². The summed E-state index contributed by atoms with van der Waals surface area (Å²) < 4.78 is 45.1. The quantitative estimate of drug-likeness (QED) is 0.593. The van der Waals surface area contributed by atoms with E-state index in [-0.39, 0.29) is 0 Å². The van der Waals surface area contributed by atoms with E-state index in [9.17, 15) is 18.3 Å². The van der Waals surface area contributed by atoms with E-state index in [4.69, 9.17) is 4.74 Å². The van der Waals surface area contributed by atoms with Crippen molar-refractivity contribution in [1.29, 1.82) is 0 Å². The molecule has 1 fully saturated rings. The summed E-state index contributed by atoms with van der Waals surface area (Å²) in [7, 11) is 1.60. The fourth-order valence-corrected chi connectivity index (χ4v) is 4.17. The molecule has 1 aromatic carbocycles. The van der Waals surface area contributed by atoms with Crippen molar-refractivity contribution >= 4 is 17.3 Å². The number of halogens is 3. The Bertz CT molecular complexity index is 1030. The molecular weight excluding hydrogens is 409 g/mol. The van der Waals surface area contributed by atoms with Crippen LogP contribution in [0.3, 0.4) is 0 Å². The molecule has 0 aliphatic heterocycles. The van der Waals surface area contributed by atoms with Crippen LogP contribution in [0, 0.1) is 5.92 Å². The lowest BCUT2D eigenvalue weighted by atomic mass is 9.77. The minimum absolute atomic E-state index is 0.324. The molecule has 0 spiro atoms. The van der Waals surface area contributed by atoms with E-state index < -0.39 is 17.3 Å². The molecule has 2 N–H and O–H groups in total. The molecule has 9 heteroatoms. The van der Waals surface area contributed by atoms with E-state index in [0.717, 1.165) is 37.1 Å². The molecule has 2 aromatic heterocycles. The number of hydrogen-bond donors (Lipinski definition) is 2. The summed E-state index contributed by atoms with van der Waals surface area (Å²) in [6.07, 6.45) is -0.334. The van der Waals surface area contributed by atoms with Gasteiger partial charge in [0.25, 0.3) is 0 Å². The van der Waals surface area contributed by atoms with Gasteiger partial charge in [-0.25, -0.2) is 4.52 Å². The first kappa shape index (κ1) is 21.6. The van der Waals surface area contributed by atoms with Crippen molar-refractivity contribution in [2.45, 2.75) is 43.9 Å².